The minimum absolute atomic E-state index is 0.0385. The molecule has 2 amide bonds. The highest BCUT2D eigenvalue weighted by molar-refractivity contribution is 6.31. The van der Waals surface area contributed by atoms with Crippen LogP contribution in [0.1, 0.15) is 31.0 Å². The third-order valence-corrected chi connectivity index (χ3v) is 5.87. The predicted molar refractivity (Wildman–Crippen MR) is 108 cm³/mol. The molecular formula is C20H31ClN4O2. The highest BCUT2D eigenvalue weighted by Gasteiger charge is 2.32. The van der Waals surface area contributed by atoms with Crippen LogP contribution in [0.4, 0.5) is 4.79 Å². The van der Waals surface area contributed by atoms with E-state index in [1.807, 2.05) is 30.0 Å². The molecule has 2 aliphatic heterocycles. The van der Waals surface area contributed by atoms with Crippen molar-refractivity contribution in [1.82, 2.24) is 20.4 Å². The molecule has 0 aromatic heterocycles. The summed E-state index contributed by atoms with van der Waals surface area (Å²) in [5, 5.41) is 7.22. The lowest BCUT2D eigenvalue weighted by Gasteiger charge is -2.40. The van der Waals surface area contributed by atoms with E-state index in [-0.39, 0.29) is 18.2 Å². The van der Waals surface area contributed by atoms with Crippen LogP contribution in [-0.2, 0) is 4.74 Å². The Balaban J connectivity index is 1.81. The van der Waals surface area contributed by atoms with Gasteiger partial charge < -0.3 is 20.3 Å². The number of carbonyl (C=O) groups excluding carboxylic acids is 1. The van der Waals surface area contributed by atoms with Crippen LogP contribution in [0.5, 0.6) is 0 Å². The zero-order valence-corrected chi connectivity index (χ0v) is 17.3. The molecule has 27 heavy (non-hydrogen) atoms. The summed E-state index contributed by atoms with van der Waals surface area (Å²) in [5.41, 5.74) is 2.02. The maximum absolute atomic E-state index is 12.9. The number of piperazine rings is 1. The molecular weight excluding hydrogens is 364 g/mol. The van der Waals surface area contributed by atoms with Crippen molar-refractivity contribution in [3.8, 4) is 0 Å². The summed E-state index contributed by atoms with van der Waals surface area (Å²) in [6.07, 6.45) is -0.105. The number of aryl methyl sites for hydroxylation is 1. The Bertz CT molecular complexity index is 649. The maximum Gasteiger partial charge on any atom is 0.318 e. The molecule has 150 valence electrons. The lowest BCUT2D eigenvalue weighted by molar-refractivity contribution is -0.0548. The highest BCUT2D eigenvalue weighted by atomic mass is 35.5. The van der Waals surface area contributed by atoms with Crippen molar-refractivity contribution in [3.05, 3.63) is 34.3 Å². The number of nitrogens with one attached hydrogen (secondary N) is 2. The minimum Gasteiger partial charge on any atom is -0.373 e. The van der Waals surface area contributed by atoms with Crippen molar-refractivity contribution in [2.75, 3.05) is 45.9 Å². The van der Waals surface area contributed by atoms with Gasteiger partial charge in [0, 0.05) is 50.3 Å². The molecule has 0 bridgehead atoms. The molecule has 2 atom stereocenters. The largest absolute Gasteiger partial charge is 0.373 e. The molecule has 0 radical (unpaired) electrons. The molecule has 0 aliphatic carbocycles. The van der Waals surface area contributed by atoms with Crippen LogP contribution in [0.2, 0.25) is 5.02 Å². The average Bonchev–Trinajstić information content (AvgIpc) is 2.69. The van der Waals surface area contributed by atoms with E-state index in [0.29, 0.717) is 17.7 Å². The van der Waals surface area contributed by atoms with Gasteiger partial charge in [-0.05, 0) is 38.0 Å². The molecule has 3 rings (SSSR count). The molecule has 1 aromatic carbocycles. The second kappa shape index (κ2) is 9.24. The normalized spacial score (nSPS) is 22.7. The predicted octanol–water partition coefficient (Wildman–Crippen LogP) is 2.41. The van der Waals surface area contributed by atoms with Gasteiger partial charge >= 0.3 is 6.03 Å². The Morgan fingerprint density at radius 2 is 2.04 bits per heavy atom. The number of amides is 2. The van der Waals surface area contributed by atoms with E-state index in [2.05, 4.69) is 29.4 Å². The molecule has 2 fully saturated rings. The first-order valence-electron chi connectivity index (χ1n) is 9.83. The number of urea groups is 1. The number of benzene rings is 1. The Kier molecular flexibility index (Phi) is 6.98. The van der Waals surface area contributed by atoms with Crippen molar-refractivity contribution in [3.63, 3.8) is 0 Å². The molecule has 0 saturated carbocycles. The SMILES string of the molecule is Cc1ccc(C(NC(=O)N2CCNCC2)[C@@H]2CN(C(C)C)CCO2)cc1Cl. The molecule has 2 aliphatic rings. The molecule has 0 spiro atoms. The zero-order valence-electron chi connectivity index (χ0n) is 16.5. The van der Waals surface area contributed by atoms with Crippen LogP contribution in [0, 0.1) is 6.92 Å². The highest BCUT2D eigenvalue weighted by Crippen LogP contribution is 2.27. The van der Waals surface area contributed by atoms with E-state index in [0.717, 1.165) is 50.4 Å². The summed E-state index contributed by atoms with van der Waals surface area (Å²) in [6, 6.07) is 6.18. The van der Waals surface area contributed by atoms with Crippen LogP contribution >= 0.6 is 11.6 Å². The van der Waals surface area contributed by atoms with Crippen LogP contribution in [0.3, 0.4) is 0 Å². The minimum atomic E-state index is -0.230. The molecule has 1 aromatic rings. The van der Waals surface area contributed by atoms with Crippen molar-refractivity contribution in [1.29, 1.82) is 0 Å². The third-order valence-electron chi connectivity index (χ3n) is 5.47. The van der Waals surface area contributed by atoms with E-state index in [9.17, 15) is 4.79 Å². The Hall–Kier alpha value is -1.34. The Morgan fingerprint density at radius 1 is 1.30 bits per heavy atom. The van der Waals surface area contributed by atoms with Gasteiger partial charge in [0.1, 0.15) is 0 Å². The number of ether oxygens (including phenoxy) is 1. The second-order valence-electron chi connectivity index (χ2n) is 7.67. The fourth-order valence-electron chi connectivity index (χ4n) is 3.65. The van der Waals surface area contributed by atoms with Crippen LogP contribution in [0.25, 0.3) is 0 Å². The summed E-state index contributed by atoms with van der Waals surface area (Å²) in [7, 11) is 0. The van der Waals surface area contributed by atoms with Gasteiger partial charge in [0.05, 0.1) is 18.8 Å². The number of rotatable bonds is 4. The quantitative estimate of drug-likeness (QED) is 0.823. The van der Waals surface area contributed by atoms with E-state index >= 15 is 0 Å². The van der Waals surface area contributed by atoms with E-state index < -0.39 is 0 Å². The molecule has 7 heteroatoms. The number of morpholine rings is 1. The Labute approximate surface area is 167 Å². The molecule has 6 nitrogen and oxygen atoms in total. The number of carbonyl (C=O) groups is 1. The smallest absolute Gasteiger partial charge is 0.318 e. The summed E-state index contributed by atoms with van der Waals surface area (Å²) in [4.78, 5) is 17.1. The van der Waals surface area contributed by atoms with Gasteiger partial charge in [-0.2, -0.15) is 0 Å². The molecule has 1 unspecified atom stereocenters. The van der Waals surface area contributed by atoms with Crippen LogP contribution in [0.15, 0.2) is 18.2 Å². The number of halogens is 1. The van der Waals surface area contributed by atoms with E-state index in [1.54, 1.807) is 0 Å². The summed E-state index contributed by atoms with van der Waals surface area (Å²) >= 11 is 6.38. The van der Waals surface area contributed by atoms with Gasteiger partial charge in [0.15, 0.2) is 0 Å². The summed E-state index contributed by atoms with van der Waals surface area (Å²) in [5.74, 6) is 0. The zero-order chi connectivity index (χ0) is 19.4. The monoisotopic (exact) mass is 394 g/mol. The fourth-order valence-corrected chi connectivity index (χ4v) is 3.84. The molecule has 2 N–H and O–H groups in total. The van der Waals surface area contributed by atoms with Gasteiger partial charge in [0.25, 0.3) is 0 Å². The summed E-state index contributed by atoms with van der Waals surface area (Å²) < 4.78 is 6.10. The fraction of sp³-hybridized carbons (Fsp3) is 0.650. The van der Waals surface area contributed by atoms with E-state index in [4.69, 9.17) is 16.3 Å². The third kappa shape index (κ3) is 5.13. The summed E-state index contributed by atoms with van der Waals surface area (Å²) in [6.45, 7) is 11.8. The number of nitrogens with zero attached hydrogens (tertiary/aromatic N) is 2. The van der Waals surface area contributed by atoms with Crippen LogP contribution < -0.4 is 10.6 Å². The van der Waals surface area contributed by atoms with Crippen LogP contribution in [-0.4, -0.2) is 73.9 Å². The first-order valence-corrected chi connectivity index (χ1v) is 10.2. The molecule has 2 heterocycles. The van der Waals surface area contributed by atoms with Crippen molar-refractivity contribution in [2.24, 2.45) is 0 Å². The first-order chi connectivity index (χ1) is 13.0. The van der Waals surface area contributed by atoms with Gasteiger partial charge in [-0.15, -0.1) is 0 Å². The van der Waals surface area contributed by atoms with Crippen molar-refractivity contribution >= 4 is 17.6 Å². The second-order valence-corrected chi connectivity index (χ2v) is 8.08. The molecule has 2 saturated heterocycles. The first kappa shape index (κ1) is 20.4. The van der Waals surface area contributed by atoms with Gasteiger partial charge in [-0.3, -0.25) is 4.90 Å². The van der Waals surface area contributed by atoms with Gasteiger partial charge in [-0.1, -0.05) is 23.7 Å². The van der Waals surface area contributed by atoms with Gasteiger partial charge in [0.2, 0.25) is 0 Å². The average molecular weight is 395 g/mol. The van der Waals surface area contributed by atoms with E-state index in [1.165, 1.54) is 0 Å². The number of hydrogen-bond acceptors (Lipinski definition) is 4. The van der Waals surface area contributed by atoms with Crippen molar-refractivity contribution < 1.29 is 9.53 Å². The number of hydrogen-bond donors (Lipinski definition) is 2. The lowest BCUT2D eigenvalue weighted by Crippen LogP contribution is -2.55. The maximum atomic E-state index is 12.9. The Morgan fingerprint density at radius 3 is 2.70 bits per heavy atom. The topological polar surface area (TPSA) is 56.8 Å². The van der Waals surface area contributed by atoms with Gasteiger partial charge in [-0.25, -0.2) is 4.79 Å². The van der Waals surface area contributed by atoms with Crippen molar-refractivity contribution in [2.45, 2.75) is 39.0 Å². The standard InChI is InChI=1S/C20H31ClN4O2/c1-14(2)25-10-11-27-18(13-25)19(16-5-4-15(3)17(21)12-16)23-20(26)24-8-6-22-7-9-24/h4-5,12,14,18-19,22H,6-11,13H2,1-3H3,(H,23,26)/t18-,19?/m0/s1. The lowest BCUT2D eigenvalue weighted by atomic mass is 9.98.